The molecule has 4 rings (SSSR count). The lowest BCUT2D eigenvalue weighted by atomic mass is 9.96. The van der Waals surface area contributed by atoms with Gasteiger partial charge < -0.3 is 25.0 Å². The lowest BCUT2D eigenvalue weighted by Crippen LogP contribution is -2.46. The average molecular weight is 644 g/mol. The number of ether oxygens (including phenoxy) is 2. The minimum atomic E-state index is -0.420. The highest BCUT2D eigenvalue weighted by molar-refractivity contribution is 5.89. The van der Waals surface area contributed by atoms with Crippen LogP contribution in [0.25, 0.3) is 0 Å². The molecular weight excluding hydrogens is 586 g/mol. The molecule has 2 aliphatic rings. The van der Waals surface area contributed by atoms with Crippen molar-refractivity contribution in [3.63, 3.8) is 0 Å². The number of methoxy groups -OCH3 is 1. The second-order valence-corrected chi connectivity index (χ2v) is 12.1. The third-order valence-electron chi connectivity index (χ3n) is 8.20. The van der Waals surface area contributed by atoms with Crippen molar-refractivity contribution in [2.24, 2.45) is 11.8 Å². The van der Waals surface area contributed by atoms with Crippen molar-refractivity contribution in [1.82, 2.24) is 15.5 Å². The van der Waals surface area contributed by atoms with Crippen LogP contribution in [0, 0.1) is 44.5 Å². The number of benzene rings is 2. The third kappa shape index (κ3) is 13.7. The largest absolute Gasteiger partial charge is 0.497 e. The summed E-state index contributed by atoms with van der Waals surface area (Å²) in [5.41, 5.74) is 3.76. The van der Waals surface area contributed by atoms with Gasteiger partial charge in [0.15, 0.2) is 0 Å². The van der Waals surface area contributed by atoms with E-state index in [0.29, 0.717) is 25.6 Å². The number of allylic oxidation sites excluding steroid dienone is 1. The van der Waals surface area contributed by atoms with Crippen LogP contribution in [0.1, 0.15) is 88.6 Å². The van der Waals surface area contributed by atoms with E-state index in [9.17, 15) is 9.59 Å². The van der Waals surface area contributed by atoms with Gasteiger partial charge in [-0.2, -0.15) is 0 Å². The molecule has 0 bridgehead atoms. The predicted octanol–water partition coefficient (Wildman–Crippen LogP) is 7.04. The molecule has 0 unspecified atom stereocenters. The van der Waals surface area contributed by atoms with Crippen molar-refractivity contribution in [2.45, 2.75) is 84.9 Å². The number of amides is 2. The number of fused-ring (bicyclic) bond motifs is 1. The maximum absolute atomic E-state index is 12.7. The molecule has 1 heterocycles. The quantitative estimate of drug-likeness (QED) is 0.131. The summed E-state index contributed by atoms with van der Waals surface area (Å²) < 4.78 is 11.6. The van der Waals surface area contributed by atoms with Gasteiger partial charge in [-0.3, -0.25) is 9.59 Å². The molecule has 0 radical (unpaired) electrons. The van der Waals surface area contributed by atoms with Gasteiger partial charge in [0.25, 0.3) is 0 Å². The van der Waals surface area contributed by atoms with Crippen LogP contribution in [0.3, 0.4) is 0 Å². The summed E-state index contributed by atoms with van der Waals surface area (Å²) in [6.07, 6.45) is 24.7. The first-order valence-corrected chi connectivity index (χ1v) is 16.7. The molecule has 2 aromatic carbocycles. The van der Waals surface area contributed by atoms with Crippen molar-refractivity contribution >= 4 is 11.8 Å². The number of nitrogens with one attached hydrogen (secondary N) is 2. The van der Waals surface area contributed by atoms with Crippen LogP contribution in [-0.2, 0) is 14.3 Å². The van der Waals surface area contributed by atoms with E-state index in [1.807, 2.05) is 31.2 Å². The van der Waals surface area contributed by atoms with Gasteiger partial charge in [0.1, 0.15) is 11.8 Å². The summed E-state index contributed by atoms with van der Waals surface area (Å²) in [7, 11) is 1.69. The highest BCUT2D eigenvalue weighted by atomic mass is 16.5. The lowest BCUT2D eigenvalue weighted by molar-refractivity contribution is -0.139. The Morgan fingerprint density at radius 3 is 2.32 bits per heavy atom. The molecule has 7 nitrogen and oxygen atoms in total. The van der Waals surface area contributed by atoms with Gasteiger partial charge >= 0.3 is 0 Å². The van der Waals surface area contributed by atoms with E-state index in [-0.39, 0.29) is 29.9 Å². The molecule has 4 atom stereocenters. The van der Waals surface area contributed by atoms with Crippen LogP contribution in [0.5, 0.6) is 5.75 Å². The minimum absolute atomic E-state index is 0.0583. The van der Waals surface area contributed by atoms with Gasteiger partial charge in [-0.05, 0) is 81.7 Å². The van der Waals surface area contributed by atoms with Crippen molar-refractivity contribution in [3.8, 4) is 31.4 Å². The Bertz CT molecular complexity index is 1250. The third-order valence-corrected chi connectivity index (χ3v) is 8.20. The predicted molar refractivity (Wildman–Crippen MR) is 194 cm³/mol. The van der Waals surface area contributed by atoms with Crippen molar-refractivity contribution < 1.29 is 19.1 Å². The topological polar surface area (TPSA) is 79.9 Å². The van der Waals surface area contributed by atoms with E-state index >= 15 is 0 Å². The standard InChI is InChI=1S/C29H45N3O4.C7H8.2C2H2/c1-6-7-8-16-36-27-19-26(25-18-23(35-5)10-11-24(25)27)30-13-9-14-31-28(33)21(4)32-15-12-22(29(32)34)17-20(2)3;1-7-5-3-2-4-6-7;2*1-2/h7-8,10-11,18,20-22,26-27,30H,6,9,12-17,19H2,1-5H3,(H,31,33);2-6H,1H3;2*1-2H/b8-7+;;;/t21-,22+,26-,27+;;;/m0.../s1. The van der Waals surface area contributed by atoms with Crippen LogP contribution >= 0.6 is 0 Å². The van der Waals surface area contributed by atoms with Gasteiger partial charge in [-0.1, -0.05) is 74.9 Å². The number of terminal acetylenes is 2. The van der Waals surface area contributed by atoms with E-state index in [1.54, 1.807) is 12.0 Å². The maximum atomic E-state index is 12.7. The SMILES string of the molecule is C#C.C#C.CC/C=C/CO[C@@H]1C[C@H](NCCCNC(=O)[C@H](C)N2CC[C@H](CC(C)C)C2=O)c2cc(OC)ccc21.Cc1ccccc1. The van der Waals surface area contributed by atoms with Gasteiger partial charge in [0, 0.05) is 25.0 Å². The monoisotopic (exact) mass is 643 g/mol. The minimum Gasteiger partial charge on any atom is -0.497 e. The lowest BCUT2D eigenvalue weighted by Gasteiger charge is -2.24. The average Bonchev–Trinajstić information content (AvgIpc) is 3.63. The van der Waals surface area contributed by atoms with Gasteiger partial charge in [-0.15, -0.1) is 25.7 Å². The number of aryl methyl sites for hydroxylation is 1. The summed E-state index contributed by atoms with van der Waals surface area (Å²) in [4.78, 5) is 27.1. The second-order valence-electron chi connectivity index (χ2n) is 12.1. The number of rotatable bonds is 14. The van der Waals surface area contributed by atoms with Crippen molar-refractivity contribution in [3.05, 3.63) is 77.4 Å². The van der Waals surface area contributed by atoms with Crippen LogP contribution in [-0.4, -0.2) is 56.1 Å². The van der Waals surface area contributed by atoms with Crippen LogP contribution in [0.2, 0.25) is 0 Å². The fraction of sp³-hybridized carbons (Fsp3) is 0.500. The first-order chi connectivity index (χ1) is 22.7. The molecule has 0 aromatic heterocycles. The highest BCUT2D eigenvalue weighted by Crippen LogP contribution is 2.42. The summed E-state index contributed by atoms with van der Waals surface area (Å²) in [6, 6.07) is 16.2. The zero-order valence-electron chi connectivity index (χ0n) is 29.4. The smallest absolute Gasteiger partial charge is 0.242 e. The molecule has 0 spiro atoms. The fourth-order valence-electron chi connectivity index (χ4n) is 5.84. The molecule has 2 amide bonds. The molecule has 2 N–H and O–H groups in total. The summed E-state index contributed by atoms with van der Waals surface area (Å²) in [6.45, 7) is 12.9. The number of carbonyl (C=O) groups excluding carboxylic acids is 2. The number of hydrogen-bond acceptors (Lipinski definition) is 5. The zero-order chi connectivity index (χ0) is 35.2. The zero-order valence-corrected chi connectivity index (χ0v) is 29.4. The Kier molecular flexibility index (Phi) is 20.3. The molecular formula is C40H57N3O4. The second kappa shape index (κ2) is 23.3. The number of carbonyl (C=O) groups is 2. The number of nitrogens with zero attached hydrogens (tertiary/aromatic N) is 1. The Balaban J connectivity index is 0.000000863. The molecule has 0 saturated carbocycles. The first-order valence-electron chi connectivity index (χ1n) is 16.7. The molecule has 1 fully saturated rings. The summed E-state index contributed by atoms with van der Waals surface area (Å²) >= 11 is 0. The van der Waals surface area contributed by atoms with Gasteiger partial charge in [-0.25, -0.2) is 0 Å². The maximum Gasteiger partial charge on any atom is 0.242 e. The van der Waals surface area contributed by atoms with E-state index in [4.69, 9.17) is 9.47 Å². The summed E-state index contributed by atoms with van der Waals surface area (Å²) in [5, 5.41) is 6.66. The number of hydrogen-bond donors (Lipinski definition) is 2. The summed E-state index contributed by atoms with van der Waals surface area (Å²) in [5.74, 6) is 1.46. The van der Waals surface area contributed by atoms with Crippen LogP contribution in [0.15, 0.2) is 60.7 Å². The molecule has 256 valence electrons. The highest BCUT2D eigenvalue weighted by Gasteiger charge is 2.37. The Morgan fingerprint density at radius 1 is 1.02 bits per heavy atom. The fourth-order valence-corrected chi connectivity index (χ4v) is 5.84. The van der Waals surface area contributed by atoms with Crippen LogP contribution < -0.4 is 15.4 Å². The van der Waals surface area contributed by atoms with Gasteiger partial charge in [0.05, 0.1) is 19.8 Å². The Hall–Kier alpha value is -4.04. The number of likely N-dealkylation sites (tertiary alicyclic amines) is 1. The van der Waals surface area contributed by atoms with Crippen molar-refractivity contribution in [2.75, 3.05) is 33.4 Å². The molecule has 47 heavy (non-hydrogen) atoms. The molecule has 7 heteroatoms. The van der Waals surface area contributed by atoms with E-state index in [1.165, 1.54) is 16.7 Å². The molecule has 2 aromatic rings. The van der Waals surface area contributed by atoms with E-state index in [0.717, 1.165) is 44.4 Å². The first kappa shape index (κ1) is 41.0. The van der Waals surface area contributed by atoms with E-state index in [2.05, 4.69) is 100 Å². The molecule has 1 saturated heterocycles. The normalized spacial score (nSPS) is 18.6. The Labute approximate surface area is 284 Å². The van der Waals surface area contributed by atoms with Gasteiger partial charge in [0.2, 0.25) is 11.8 Å². The van der Waals surface area contributed by atoms with E-state index < -0.39 is 6.04 Å². The Morgan fingerprint density at radius 2 is 1.72 bits per heavy atom. The molecule has 1 aliphatic carbocycles. The van der Waals surface area contributed by atoms with Crippen molar-refractivity contribution in [1.29, 1.82) is 0 Å². The van der Waals surface area contributed by atoms with Crippen LogP contribution in [0.4, 0.5) is 0 Å². The molecule has 1 aliphatic heterocycles.